The zero-order valence-corrected chi connectivity index (χ0v) is 22.8. The molecule has 0 bridgehead atoms. The van der Waals surface area contributed by atoms with Crippen molar-refractivity contribution in [2.24, 2.45) is 16.5 Å². The Kier molecular flexibility index (Phi) is 18.0. The Bertz CT molecular complexity index is 847. The van der Waals surface area contributed by atoms with E-state index in [9.17, 15) is 24.0 Å². The van der Waals surface area contributed by atoms with Crippen molar-refractivity contribution < 1.29 is 57.6 Å². The highest BCUT2D eigenvalue weighted by atomic mass is 35.5. The SMILES string of the molecule is CC(=O)OC[C@H]1O[C@@H](ONC(N)=NCCC[C@H](N)C(=O)O)[C@H](OC(C)=O)[C@@H](OC(C)=O)[C@@H]1OC(C)=O.Cl.Cl. The van der Waals surface area contributed by atoms with Gasteiger partial charge in [-0.2, -0.15) is 0 Å². The molecular formula is C20H34Cl2N4O12. The monoisotopic (exact) mass is 592 g/mol. The topological polar surface area (TPSA) is 237 Å². The Labute approximate surface area is 230 Å². The van der Waals surface area contributed by atoms with Gasteiger partial charge in [0, 0.05) is 34.2 Å². The Morgan fingerprint density at radius 1 is 0.921 bits per heavy atom. The highest BCUT2D eigenvalue weighted by Crippen LogP contribution is 2.29. The summed E-state index contributed by atoms with van der Waals surface area (Å²) in [7, 11) is 0. The van der Waals surface area contributed by atoms with Gasteiger partial charge in [0.25, 0.3) is 0 Å². The lowest BCUT2D eigenvalue weighted by molar-refractivity contribution is -0.316. The molecule has 1 rings (SSSR count). The number of halogens is 2. The van der Waals surface area contributed by atoms with Gasteiger partial charge in [0.15, 0.2) is 18.3 Å². The number of carboxylic acids is 1. The number of nitrogens with two attached hydrogens (primary N) is 2. The largest absolute Gasteiger partial charge is 0.480 e. The molecule has 6 atom stereocenters. The van der Waals surface area contributed by atoms with Gasteiger partial charge in [0.05, 0.1) is 0 Å². The van der Waals surface area contributed by atoms with Gasteiger partial charge in [0.2, 0.25) is 12.2 Å². The average Bonchev–Trinajstić information content (AvgIpc) is 2.76. The zero-order chi connectivity index (χ0) is 27.4. The van der Waals surface area contributed by atoms with Crippen LogP contribution in [-0.4, -0.2) is 90.8 Å². The molecule has 0 unspecified atom stereocenters. The highest BCUT2D eigenvalue weighted by Gasteiger charge is 2.53. The van der Waals surface area contributed by atoms with Crippen molar-refractivity contribution >= 4 is 60.6 Å². The highest BCUT2D eigenvalue weighted by molar-refractivity contribution is 5.85. The number of esters is 4. The van der Waals surface area contributed by atoms with E-state index in [-0.39, 0.29) is 43.7 Å². The molecule has 1 saturated heterocycles. The maximum absolute atomic E-state index is 11.8. The summed E-state index contributed by atoms with van der Waals surface area (Å²) in [6.45, 7) is 4.09. The summed E-state index contributed by atoms with van der Waals surface area (Å²) in [5.74, 6) is -4.42. The average molecular weight is 593 g/mol. The minimum absolute atomic E-state index is 0. The van der Waals surface area contributed by atoms with Crippen molar-refractivity contribution in [3.63, 3.8) is 0 Å². The second-order valence-electron chi connectivity index (χ2n) is 7.64. The first-order chi connectivity index (χ1) is 16.8. The van der Waals surface area contributed by atoms with Gasteiger partial charge >= 0.3 is 29.8 Å². The number of carbonyl (C=O) groups excluding carboxylic acids is 4. The predicted molar refractivity (Wildman–Crippen MR) is 132 cm³/mol. The standard InChI is InChI=1S/C20H32N4O12.2ClH/c1-9(25)31-8-14-15(32-10(2)26)16(33-11(3)27)17(34-12(4)28)19(35-14)36-24-20(22)23-7-5-6-13(21)18(29)30;;/h13-17,19H,5-8,21H2,1-4H3,(H,29,30)(H3,22,23,24);2*1H/t13-,14+,15+,16-,17+,19-;;/m0../s1. The van der Waals surface area contributed by atoms with Crippen LogP contribution >= 0.6 is 24.8 Å². The van der Waals surface area contributed by atoms with Gasteiger partial charge in [-0.3, -0.25) is 29.0 Å². The molecule has 16 nitrogen and oxygen atoms in total. The van der Waals surface area contributed by atoms with Gasteiger partial charge < -0.3 is 40.3 Å². The molecule has 0 amide bonds. The number of hydrogen-bond acceptors (Lipinski definition) is 13. The smallest absolute Gasteiger partial charge is 0.320 e. The van der Waals surface area contributed by atoms with Crippen LogP contribution in [0.25, 0.3) is 0 Å². The maximum atomic E-state index is 11.8. The fraction of sp³-hybridized carbons (Fsp3) is 0.700. The number of rotatable bonds is 12. The summed E-state index contributed by atoms with van der Waals surface area (Å²) in [6, 6.07) is -1.04. The van der Waals surface area contributed by atoms with Crippen LogP contribution in [0, 0.1) is 0 Å². The second kappa shape index (κ2) is 18.4. The molecule has 0 radical (unpaired) electrons. The lowest BCUT2D eigenvalue weighted by atomic mass is 9.98. The summed E-state index contributed by atoms with van der Waals surface area (Å²) >= 11 is 0. The van der Waals surface area contributed by atoms with E-state index < -0.39 is 73.2 Å². The number of hydrogen-bond donors (Lipinski definition) is 4. The van der Waals surface area contributed by atoms with E-state index in [1.807, 2.05) is 0 Å². The number of aliphatic imine (C=N–C) groups is 1. The van der Waals surface area contributed by atoms with Crippen LogP contribution in [0.4, 0.5) is 0 Å². The lowest BCUT2D eigenvalue weighted by Crippen LogP contribution is -2.63. The normalized spacial score (nSPS) is 23.4. The molecule has 0 aromatic carbocycles. The summed E-state index contributed by atoms with van der Waals surface area (Å²) in [4.78, 5) is 66.7. The van der Waals surface area contributed by atoms with Crippen LogP contribution < -0.4 is 16.9 Å². The summed E-state index contributed by atoms with van der Waals surface area (Å²) < 4.78 is 26.4. The molecule has 1 aliphatic rings. The summed E-state index contributed by atoms with van der Waals surface area (Å²) in [5, 5.41) is 8.78. The van der Waals surface area contributed by atoms with Crippen LogP contribution in [0.1, 0.15) is 40.5 Å². The Balaban J connectivity index is 0. The van der Waals surface area contributed by atoms with E-state index in [0.29, 0.717) is 6.42 Å². The van der Waals surface area contributed by atoms with Gasteiger partial charge in [-0.1, -0.05) is 0 Å². The minimum Gasteiger partial charge on any atom is -0.480 e. The number of carbonyl (C=O) groups is 5. The van der Waals surface area contributed by atoms with Crippen LogP contribution in [-0.2, 0) is 52.5 Å². The number of guanidine groups is 1. The van der Waals surface area contributed by atoms with Crippen LogP contribution in [0.2, 0.25) is 0 Å². The van der Waals surface area contributed by atoms with Crippen LogP contribution in [0.3, 0.4) is 0 Å². The molecule has 220 valence electrons. The quantitative estimate of drug-likeness (QED) is 0.0527. The van der Waals surface area contributed by atoms with Gasteiger partial charge in [0.1, 0.15) is 18.8 Å². The van der Waals surface area contributed by atoms with Crippen LogP contribution in [0.5, 0.6) is 0 Å². The first kappa shape index (κ1) is 37.2. The molecule has 0 spiro atoms. The Hall–Kier alpha value is -2.92. The van der Waals surface area contributed by atoms with E-state index in [4.69, 9.17) is 45.1 Å². The van der Waals surface area contributed by atoms with E-state index >= 15 is 0 Å². The molecule has 0 aromatic rings. The number of carboxylic acid groups (broad SMARTS) is 1. The Morgan fingerprint density at radius 2 is 1.45 bits per heavy atom. The second-order valence-corrected chi connectivity index (χ2v) is 7.64. The zero-order valence-electron chi connectivity index (χ0n) is 21.1. The first-order valence-electron chi connectivity index (χ1n) is 10.8. The molecule has 1 fully saturated rings. The number of aliphatic carboxylic acids is 1. The first-order valence-corrected chi connectivity index (χ1v) is 10.8. The van der Waals surface area contributed by atoms with E-state index in [0.717, 1.165) is 27.7 Å². The number of ether oxygens (including phenoxy) is 5. The number of nitrogens with zero attached hydrogens (tertiary/aromatic N) is 1. The molecule has 0 saturated carbocycles. The molecule has 1 aliphatic heterocycles. The molecule has 1 heterocycles. The summed E-state index contributed by atoms with van der Waals surface area (Å²) in [6.07, 6.45) is -6.41. The molecule has 18 heteroatoms. The van der Waals surface area contributed by atoms with Crippen molar-refractivity contribution in [3.05, 3.63) is 0 Å². The fourth-order valence-electron chi connectivity index (χ4n) is 3.07. The van der Waals surface area contributed by atoms with Crippen LogP contribution in [0.15, 0.2) is 4.99 Å². The number of hydroxylamine groups is 1. The minimum atomic E-state index is -1.50. The van der Waals surface area contributed by atoms with E-state index in [1.165, 1.54) is 0 Å². The maximum Gasteiger partial charge on any atom is 0.320 e. The van der Waals surface area contributed by atoms with E-state index in [2.05, 4.69) is 10.5 Å². The Morgan fingerprint density at radius 3 is 1.95 bits per heavy atom. The fourth-order valence-corrected chi connectivity index (χ4v) is 3.07. The third-order valence-corrected chi connectivity index (χ3v) is 4.50. The van der Waals surface area contributed by atoms with Crippen molar-refractivity contribution in [3.8, 4) is 0 Å². The molecule has 38 heavy (non-hydrogen) atoms. The van der Waals surface area contributed by atoms with E-state index in [1.54, 1.807) is 0 Å². The molecule has 6 N–H and O–H groups in total. The van der Waals surface area contributed by atoms with Crippen molar-refractivity contribution in [1.29, 1.82) is 0 Å². The third kappa shape index (κ3) is 13.6. The van der Waals surface area contributed by atoms with Gasteiger partial charge in [-0.15, -0.1) is 24.8 Å². The number of nitrogens with one attached hydrogen (secondary N) is 1. The predicted octanol–water partition coefficient (Wildman–Crippen LogP) is -1.06. The molecule has 0 aliphatic carbocycles. The molecule has 0 aromatic heterocycles. The van der Waals surface area contributed by atoms with Gasteiger partial charge in [-0.05, 0) is 12.8 Å². The van der Waals surface area contributed by atoms with Crippen molar-refractivity contribution in [2.45, 2.75) is 77.3 Å². The van der Waals surface area contributed by atoms with Crippen molar-refractivity contribution in [1.82, 2.24) is 5.48 Å². The lowest BCUT2D eigenvalue weighted by Gasteiger charge is -2.43. The third-order valence-electron chi connectivity index (χ3n) is 4.50. The summed E-state index contributed by atoms with van der Waals surface area (Å²) in [5.41, 5.74) is 13.4. The van der Waals surface area contributed by atoms with Crippen molar-refractivity contribution in [2.75, 3.05) is 13.2 Å². The molecular weight excluding hydrogens is 559 g/mol. The van der Waals surface area contributed by atoms with Gasteiger partial charge in [-0.25, -0.2) is 10.3 Å².